The Labute approximate surface area is 333 Å². The predicted octanol–water partition coefficient (Wildman–Crippen LogP) is 13.2. The summed E-state index contributed by atoms with van der Waals surface area (Å²) >= 11 is 0. The predicted molar refractivity (Wildman–Crippen MR) is 234 cm³/mol. The lowest BCUT2D eigenvalue weighted by atomic mass is 10.0. The van der Waals surface area contributed by atoms with Crippen molar-refractivity contribution < 1.29 is 22.9 Å². The molecule has 54 heavy (non-hydrogen) atoms. The minimum atomic E-state index is -4.37. The number of hydrogen-bond donors (Lipinski definition) is 3. The molecule has 0 heterocycles. The lowest BCUT2D eigenvalue weighted by Gasteiger charge is -2.21. The maximum atomic E-state index is 12.5. The number of carbonyl (C=O) groups excluding carboxylic acids is 1. The van der Waals surface area contributed by atoms with E-state index < -0.39 is 28.0 Å². The van der Waals surface area contributed by atoms with Crippen molar-refractivity contribution in [2.24, 2.45) is 0 Å². The van der Waals surface area contributed by atoms with Crippen LogP contribution in [0.4, 0.5) is 0 Å². The van der Waals surface area contributed by atoms with Crippen molar-refractivity contribution in [3.8, 4) is 0 Å². The molecule has 2 atom stereocenters. The van der Waals surface area contributed by atoms with Crippen molar-refractivity contribution in [2.45, 2.75) is 199 Å². The third kappa shape index (κ3) is 40.7. The number of aliphatic hydroxyl groups is 1. The van der Waals surface area contributed by atoms with Gasteiger partial charge in [0.15, 0.2) is 0 Å². The summed E-state index contributed by atoms with van der Waals surface area (Å²) in [5.74, 6) is -1.02. The average molecular weight is 772 g/mol. The molecule has 0 aromatic carbocycles. The summed E-state index contributed by atoms with van der Waals surface area (Å²) in [6.07, 6.45) is 58.5. The van der Waals surface area contributed by atoms with Gasteiger partial charge in [0.25, 0.3) is 10.1 Å². The van der Waals surface area contributed by atoms with E-state index in [9.17, 15) is 22.9 Å². The highest BCUT2D eigenvalue weighted by atomic mass is 32.2. The van der Waals surface area contributed by atoms with Crippen LogP contribution >= 0.6 is 0 Å². The number of aliphatic hydroxyl groups excluding tert-OH is 1. The van der Waals surface area contributed by atoms with Crippen LogP contribution in [-0.4, -0.2) is 41.9 Å². The normalized spacial score (nSPS) is 14.1. The highest BCUT2D eigenvalue weighted by Crippen LogP contribution is 2.13. The van der Waals surface area contributed by atoms with Crippen LogP contribution in [0.15, 0.2) is 85.1 Å². The Balaban J connectivity index is 3.95. The van der Waals surface area contributed by atoms with E-state index in [2.05, 4.69) is 92.1 Å². The smallest absolute Gasteiger partial charge is 0.267 e. The van der Waals surface area contributed by atoms with Crippen LogP contribution in [0.2, 0.25) is 0 Å². The van der Waals surface area contributed by atoms with Gasteiger partial charge in [0.1, 0.15) is 0 Å². The fourth-order valence-electron chi connectivity index (χ4n) is 6.06. The first kappa shape index (κ1) is 51.5. The summed E-state index contributed by atoms with van der Waals surface area (Å²) in [7, 11) is -4.37. The molecule has 0 radical (unpaired) electrons. The van der Waals surface area contributed by atoms with Crippen LogP contribution in [-0.2, 0) is 14.9 Å². The number of rotatable bonds is 38. The van der Waals surface area contributed by atoms with Crippen molar-refractivity contribution in [1.82, 2.24) is 5.32 Å². The highest BCUT2D eigenvalue weighted by Gasteiger charge is 2.24. The van der Waals surface area contributed by atoms with Crippen molar-refractivity contribution in [1.29, 1.82) is 0 Å². The van der Waals surface area contributed by atoms with E-state index >= 15 is 0 Å². The Morgan fingerprint density at radius 3 is 1.39 bits per heavy atom. The van der Waals surface area contributed by atoms with Crippen molar-refractivity contribution in [3.63, 3.8) is 0 Å². The van der Waals surface area contributed by atoms with Gasteiger partial charge in [0.05, 0.1) is 17.9 Å². The maximum Gasteiger partial charge on any atom is 0.267 e. The van der Waals surface area contributed by atoms with Gasteiger partial charge in [-0.05, 0) is 83.5 Å². The van der Waals surface area contributed by atoms with Gasteiger partial charge in [-0.3, -0.25) is 9.35 Å². The summed E-state index contributed by atoms with van der Waals surface area (Å²) in [6, 6.07) is -1.09. The molecule has 310 valence electrons. The highest BCUT2D eigenvalue weighted by molar-refractivity contribution is 7.85. The fraction of sp³-hybridized carbons (Fsp3) is 0.681. The van der Waals surface area contributed by atoms with E-state index in [1.807, 2.05) is 0 Å². The molecule has 0 saturated heterocycles. The molecule has 0 aromatic heterocycles. The molecule has 0 fully saturated rings. The molecular formula is C47H81NO5S. The van der Waals surface area contributed by atoms with Crippen LogP contribution in [0.3, 0.4) is 0 Å². The van der Waals surface area contributed by atoms with Gasteiger partial charge in [-0.2, -0.15) is 8.42 Å². The van der Waals surface area contributed by atoms with E-state index in [1.165, 1.54) is 83.1 Å². The Morgan fingerprint density at radius 2 is 0.907 bits per heavy atom. The van der Waals surface area contributed by atoms with Gasteiger partial charge in [-0.25, -0.2) is 0 Å². The molecule has 0 bridgehead atoms. The van der Waals surface area contributed by atoms with Crippen molar-refractivity contribution in [3.05, 3.63) is 85.1 Å². The molecule has 0 saturated carbocycles. The summed E-state index contributed by atoms with van der Waals surface area (Å²) < 4.78 is 32.5. The molecular weight excluding hydrogens is 691 g/mol. The fourth-order valence-corrected chi connectivity index (χ4v) is 6.79. The van der Waals surface area contributed by atoms with Crippen LogP contribution < -0.4 is 5.32 Å². The second-order valence-electron chi connectivity index (χ2n) is 14.6. The van der Waals surface area contributed by atoms with Crippen LogP contribution in [0.5, 0.6) is 0 Å². The number of nitrogens with one attached hydrogen (secondary N) is 1. The maximum absolute atomic E-state index is 12.5. The van der Waals surface area contributed by atoms with Gasteiger partial charge in [-0.1, -0.05) is 182 Å². The number of carbonyl (C=O) groups is 1. The SMILES string of the molecule is CC/C=C\C/C=C\C/C=C\C/C=C\CCCCCCCCCCCCC(=O)NC(CS(=O)(=O)O)C(O)/C=C/CC/C=C/CC/C=C/CCCCCCCC. The number of allylic oxidation sites excluding steroid dienone is 13. The summed E-state index contributed by atoms with van der Waals surface area (Å²) in [4.78, 5) is 12.5. The first-order valence-electron chi connectivity index (χ1n) is 21.8. The zero-order chi connectivity index (χ0) is 39.6. The monoisotopic (exact) mass is 772 g/mol. The average Bonchev–Trinajstić information content (AvgIpc) is 3.14. The summed E-state index contributed by atoms with van der Waals surface area (Å²) in [5.41, 5.74) is 0. The quantitative estimate of drug-likeness (QED) is 0.0329. The topological polar surface area (TPSA) is 104 Å². The minimum Gasteiger partial charge on any atom is -0.387 e. The Kier molecular flexibility index (Phi) is 38.3. The zero-order valence-corrected chi connectivity index (χ0v) is 35.4. The molecule has 0 aliphatic heterocycles. The largest absolute Gasteiger partial charge is 0.387 e. The molecule has 0 aliphatic rings. The molecule has 2 unspecified atom stereocenters. The number of unbranched alkanes of at least 4 members (excludes halogenated alkanes) is 18. The lowest BCUT2D eigenvalue weighted by molar-refractivity contribution is -0.122. The second kappa shape index (κ2) is 40.2. The first-order chi connectivity index (χ1) is 26.3. The zero-order valence-electron chi connectivity index (χ0n) is 34.6. The first-order valence-corrected chi connectivity index (χ1v) is 23.4. The Morgan fingerprint density at radius 1 is 0.519 bits per heavy atom. The third-order valence-electron chi connectivity index (χ3n) is 9.28. The van der Waals surface area contributed by atoms with Gasteiger partial charge in [0.2, 0.25) is 5.91 Å². The van der Waals surface area contributed by atoms with E-state index in [0.717, 1.165) is 83.5 Å². The molecule has 7 heteroatoms. The molecule has 0 rings (SSSR count). The number of hydrogen-bond acceptors (Lipinski definition) is 4. The molecule has 0 aliphatic carbocycles. The Hall–Kier alpha value is -2.48. The van der Waals surface area contributed by atoms with Gasteiger partial charge < -0.3 is 10.4 Å². The standard InChI is InChI=1S/C47H81NO5S/c1-3-5-7-9-11-13-15-17-19-21-22-23-24-25-26-27-29-31-33-35-37-39-41-43-47(50)48-45(44-54(51,52)53)46(49)42-40-38-36-34-32-30-28-20-18-16-14-12-10-8-6-4-2/h5,7,11,13,17-20,22-23,32,34,40,42,45-46,49H,3-4,6,8-10,12,14-16,21,24-31,33,35-39,41,43-44H2,1-2H3,(H,48,50)(H,51,52,53)/b7-5-,13-11-,19-17-,20-18+,23-22-,34-32+,42-40+. The van der Waals surface area contributed by atoms with Gasteiger partial charge in [-0.15, -0.1) is 0 Å². The van der Waals surface area contributed by atoms with Gasteiger partial charge >= 0.3 is 0 Å². The van der Waals surface area contributed by atoms with Crippen LogP contribution in [0, 0.1) is 0 Å². The van der Waals surface area contributed by atoms with Crippen LogP contribution in [0.25, 0.3) is 0 Å². The molecule has 1 amide bonds. The van der Waals surface area contributed by atoms with E-state index in [-0.39, 0.29) is 12.3 Å². The second-order valence-corrected chi connectivity index (χ2v) is 16.1. The molecule has 0 aromatic rings. The van der Waals surface area contributed by atoms with Crippen LogP contribution in [0.1, 0.15) is 187 Å². The Bertz CT molecular complexity index is 1160. The minimum absolute atomic E-state index is 0.275. The van der Waals surface area contributed by atoms with E-state index in [1.54, 1.807) is 6.08 Å². The van der Waals surface area contributed by atoms with Crippen molar-refractivity contribution in [2.75, 3.05) is 5.75 Å². The van der Waals surface area contributed by atoms with E-state index in [4.69, 9.17) is 0 Å². The third-order valence-corrected chi connectivity index (χ3v) is 10.1. The van der Waals surface area contributed by atoms with Crippen molar-refractivity contribution >= 4 is 16.0 Å². The number of amides is 1. The lowest BCUT2D eigenvalue weighted by Crippen LogP contribution is -2.46. The molecule has 0 spiro atoms. The summed E-state index contributed by atoms with van der Waals surface area (Å²) in [6.45, 7) is 4.40. The van der Waals surface area contributed by atoms with Gasteiger partial charge in [0, 0.05) is 6.42 Å². The molecule has 6 nitrogen and oxygen atoms in total. The molecule has 3 N–H and O–H groups in total. The van der Waals surface area contributed by atoms with E-state index in [0.29, 0.717) is 6.42 Å². The summed E-state index contributed by atoms with van der Waals surface area (Å²) in [5, 5.41) is 13.2.